The third kappa shape index (κ3) is 3.35. The second-order valence-corrected chi connectivity index (χ2v) is 5.58. The van der Waals surface area contributed by atoms with E-state index in [2.05, 4.69) is 27.9 Å². The first kappa shape index (κ1) is 14.1. The molecule has 3 N–H and O–H groups in total. The van der Waals surface area contributed by atoms with Crippen LogP contribution in [0.3, 0.4) is 0 Å². The van der Waals surface area contributed by atoms with E-state index in [0.717, 1.165) is 8.47 Å². The summed E-state index contributed by atoms with van der Waals surface area (Å²) in [6.07, 6.45) is -0.723. The molecule has 0 bridgehead atoms. The van der Waals surface area contributed by atoms with E-state index in [0.29, 0.717) is 5.69 Å². The van der Waals surface area contributed by atoms with Gasteiger partial charge in [0.1, 0.15) is 6.04 Å². The fourth-order valence-electron chi connectivity index (χ4n) is 2.00. The zero-order valence-electron chi connectivity index (χ0n) is 9.91. The molecule has 0 spiro atoms. The number of aliphatic carboxylic acids is 1. The molecule has 2 atom stereocenters. The SMILES string of the molecule is O=C(O)[C@@H]1CC(O)CN1C(=O)Nc1ccc(I)cc1. The van der Waals surface area contributed by atoms with Gasteiger partial charge in [-0.2, -0.15) is 0 Å². The van der Waals surface area contributed by atoms with Crippen molar-refractivity contribution in [3.8, 4) is 0 Å². The molecule has 6 nitrogen and oxygen atoms in total. The molecule has 1 saturated heterocycles. The summed E-state index contributed by atoms with van der Waals surface area (Å²) >= 11 is 2.15. The van der Waals surface area contributed by atoms with Crippen LogP contribution in [0.15, 0.2) is 24.3 Å². The van der Waals surface area contributed by atoms with E-state index in [1.165, 1.54) is 0 Å². The van der Waals surface area contributed by atoms with Crippen LogP contribution in [0.4, 0.5) is 10.5 Å². The maximum absolute atomic E-state index is 12.0. The van der Waals surface area contributed by atoms with E-state index in [4.69, 9.17) is 5.11 Å². The quantitative estimate of drug-likeness (QED) is 0.680. The fourth-order valence-corrected chi connectivity index (χ4v) is 2.36. The molecule has 2 amide bonds. The van der Waals surface area contributed by atoms with Gasteiger partial charge in [-0.1, -0.05) is 0 Å². The van der Waals surface area contributed by atoms with Crippen molar-refractivity contribution in [2.75, 3.05) is 11.9 Å². The Labute approximate surface area is 123 Å². The maximum atomic E-state index is 12.0. The van der Waals surface area contributed by atoms with Gasteiger partial charge >= 0.3 is 12.0 Å². The van der Waals surface area contributed by atoms with E-state index >= 15 is 0 Å². The Hall–Kier alpha value is -1.35. The highest BCUT2D eigenvalue weighted by Crippen LogP contribution is 2.20. The lowest BCUT2D eigenvalue weighted by Crippen LogP contribution is -2.43. The number of hydrogen-bond donors (Lipinski definition) is 3. The van der Waals surface area contributed by atoms with Crippen molar-refractivity contribution in [2.45, 2.75) is 18.6 Å². The van der Waals surface area contributed by atoms with E-state index < -0.39 is 24.1 Å². The summed E-state index contributed by atoms with van der Waals surface area (Å²) in [5.74, 6) is -1.10. The molecule has 1 unspecified atom stereocenters. The van der Waals surface area contributed by atoms with Gasteiger partial charge < -0.3 is 20.4 Å². The predicted molar refractivity (Wildman–Crippen MR) is 76.9 cm³/mol. The lowest BCUT2D eigenvalue weighted by atomic mass is 10.2. The number of likely N-dealkylation sites (tertiary alicyclic amines) is 1. The van der Waals surface area contributed by atoms with E-state index in [9.17, 15) is 14.7 Å². The lowest BCUT2D eigenvalue weighted by Gasteiger charge is -2.21. The number of amides is 2. The van der Waals surface area contributed by atoms with Crippen LogP contribution in [0.1, 0.15) is 6.42 Å². The molecule has 1 aliphatic heterocycles. The van der Waals surface area contributed by atoms with Crippen molar-refractivity contribution in [1.82, 2.24) is 4.90 Å². The third-order valence-electron chi connectivity index (χ3n) is 2.92. The number of carboxylic acids is 1. The highest BCUT2D eigenvalue weighted by molar-refractivity contribution is 14.1. The normalized spacial score (nSPS) is 22.3. The van der Waals surface area contributed by atoms with Crippen LogP contribution in [0, 0.1) is 3.57 Å². The first-order chi connectivity index (χ1) is 8.97. The largest absolute Gasteiger partial charge is 0.480 e. The van der Waals surface area contributed by atoms with E-state index in [1.807, 2.05) is 12.1 Å². The van der Waals surface area contributed by atoms with Crippen molar-refractivity contribution in [3.05, 3.63) is 27.8 Å². The number of carbonyl (C=O) groups is 2. The molecule has 7 heteroatoms. The Kier molecular flexibility index (Phi) is 4.25. The second kappa shape index (κ2) is 5.74. The molecule has 19 heavy (non-hydrogen) atoms. The molecule has 0 aliphatic carbocycles. The molecule has 1 aliphatic rings. The van der Waals surface area contributed by atoms with Crippen molar-refractivity contribution in [2.24, 2.45) is 0 Å². The third-order valence-corrected chi connectivity index (χ3v) is 3.64. The van der Waals surface area contributed by atoms with Gasteiger partial charge in [0.15, 0.2) is 0 Å². The van der Waals surface area contributed by atoms with Gasteiger partial charge in [-0.3, -0.25) is 0 Å². The van der Waals surface area contributed by atoms with E-state index in [-0.39, 0.29) is 13.0 Å². The Morgan fingerprint density at radius 3 is 2.53 bits per heavy atom. The van der Waals surface area contributed by atoms with Crippen LogP contribution in [0.2, 0.25) is 0 Å². The minimum atomic E-state index is -1.10. The zero-order valence-corrected chi connectivity index (χ0v) is 12.1. The van der Waals surface area contributed by atoms with Crippen LogP contribution >= 0.6 is 22.6 Å². The number of nitrogens with zero attached hydrogens (tertiary/aromatic N) is 1. The summed E-state index contributed by atoms with van der Waals surface area (Å²) in [5.41, 5.74) is 0.593. The molecule has 1 aromatic rings. The summed E-state index contributed by atoms with van der Waals surface area (Å²) in [4.78, 5) is 24.2. The topological polar surface area (TPSA) is 89.9 Å². The molecular weight excluding hydrogens is 363 g/mol. The number of carbonyl (C=O) groups excluding carboxylic acids is 1. The Balaban J connectivity index is 2.06. The first-order valence-corrected chi connectivity index (χ1v) is 6.79. The number of rotatable bonds is 2. The Morgan fingerprint density at radius 2 is 1.95 bits per heavy atom. The number of halogens is 1. The molecule has 1 heterocycles. The van der Waals surface area contributed by atoms with Crippen molar-refractivity contribution >= 4 is 40.3 Å². The minimum Gasteiger partial charge on any atom is -0.480 e. The van der Waals surface area contributed by atoms with Gasteiger partial charge in [-0.25, -0.2) is 9.59 Å². The van der Waals surface area contributed by atoms with Gasteiger partial charge in [-0.15, -0.1) is 0 Å². The van der Waals surface area contributed by atoms with Crippen LogP contribution < -0.4 is 5.32 Å². The molecule has 102 valence electrons. The molecule has 1 fully saturated rings. The first-order valence-electron chi connectivity index (χ1n) is 5.71. The number of β-amino-alcohol motifs (C(OH)–C–C–N with tert-alkyl or cyclic N) is 1. The number of urea groups is 1. The number of aliphatic hydroxyl groups is 1. The number of benzene rings is 1. The Morgan fingerprint density at radius 1 is 1.32 bits per heavy atom. The smallest absolute Gasteiger partial charge is 0.326 e. The van der Waals surface area contributed by atoms with Gasteiger partial charge in [0.05, 0.1) is 6.10 Å². The summed E-state index contributed by atoms with van der Waals surface area (Å²) in [6, 6.07) is 5.67. The van der Waals surface area contributed by atoms with Crippen LogP contribution in [0.5, 0.6) is 0 Å². The number of aliphatic hydroxyl groups excluding tert-OH is 1. The van der Waals surface area contributed by atoms with Gasteiger partial charge in [-0.05, 0) is 46.9 Å². The molecule has 2 rings (SSSR count). The lowest BCUT2D eigenvalue weighted by molar-refractivity contribution is -0.141. The summed E-state index contributed by atoms with van der Waals surface area (Å²) < 4.78 is 1.04. The van der Waals surface area contributed by atoms with Crippen LogP contribution in [0.25, 0.3) is 0 Å². The summed E-state index contributed by atoms with van der Waals surface area (Å²) in [6.45, 7) is 0.0349. The van der Waals surface area contributed by atoms with Crippen molar-refractivity contribution in [3.63, 3.8) is 0 Å². The number of anilines is 1. The Bertz CT molecular complexity index is 491. The number of hydrogen-bond acceptors (Lipinski definition) is 3. The molecule has 0 saturated carbocycles. The standard InChI is InChI=1S/C12H13IN2O4/c13-7-1-3-8(4-2-7)14-12(19)15-6-9(16)5-10(15)11(17)18/h1-4,9-10,16H,5-6H2,(H,14,19)(H,17,18)/t9?,10-/m0/s1. The molecule has 0 aromatic heterocycles. The van der Waals surface area contributed by atoms with Gasteiger partial charge in [0.2, 0.25) is 0 Å². The van der Waals surface area contributed by atoms with Gasteiger partial charge in [0.25, 0.3) is 0 Å². The molecule has 1 aromatic carbocycles. The fraction of sp³-hybridized carbons (Fsp3) is 0.333. The molecular formula is C12H13IN2O4. The predicted octanol–water partition coefficient (Wildman–Crippen LogP) is 1.34. The molecule has 0 radical (unpaired) electrons. The second-order valence-electron chi connectivity index (χ2n) is 4.33. The van der Waals surface area contributed by atoms with Crippen LogP contribution in [-0.4, -0.2) is 45.8 Å². The average Bonchev–Trinajstić information content (AvgIpc) is 2.74. The zero-order chi connectivity index (χ0) is 14.0. The highest BCUT2D eigenvalue weighted by Gasteiger charge is 2.38. The van der Waals surface area contributed by atoms with Gasteiger partial charge in [0, 0.05) is 22.2 Å². The van der Waals surface area contributed by atoms with Crippen molar-refractivity contribution in [1.29, 1.82) is 0 Å². The van der Waals surface area contributed by atoms with Crippen molar-refractivity contribution < 1.29 is 19.8 Å². The monoisotopic (exact) mass is 376 g/mol. The average molecular weight is 376 g/mol. The maximum Gasteiger partial charge on any atom is 0.326 e. The summed E-state index contributed by atoms with van der Waals surface area (Å²) in [7, 11) is 0. The highest BCUT2D eigenvalue weighted by atomic mass is 127. The minimum absolute atomic E-state index is 0.0349. The number of carboxylic acid groups (broad SMARTS) is 1. The van der Waals surface area contributed by atoms with Crippen LogP contribution in [-0.2, 0) is 4.79 Å². The number of nitrogens with one attached hydrogen (secondary N) is 1. The summed E-state index contributed by atoms with van der Waals surface area (Å²) in [5, 5.41) is 21.1. The van der Waals surface area contributed by atoms with E-state index in [1.54, 1.807) is 12.1 Å².